The highest BCUT2D eigenvalue weighted by Gasteiger charge is 2.42. The molecule has 1 N–H and O–H groups in total. The smallest absolute Gasteiger partial charge is 0.229 e. The number of hydrogen-bond donors (Lipinski definition) is 1. The van der Waals surface area contributed by atoms with Crippen LogP contribution in [0.4, 0.5) is 11.4 Å². The molecule has 2 unspecified atom stereocenters. The third-order valence-corrected chi connectivity index (χ3v) is 7.34. The van der Waals surface area contributed by atoms with Gasteiger partial charge >= 0.3 is 0 Å². The van der Waals surface area contributed by atoms with Gasteiger partial charge < -0.3 is 10.2 Å². The highest BCUT2D eigenvalue weighted by atomic mass is 32.1. The number of benzene rings is 2. The number of carbonyl (C=O) groups is 2. The Hall–Kier alpha value is -3.36. The van der Waals surface area contributed by atoms with E-state index in [0.29, 0.717) is 12.8 Å². The normalized spacial score (nSPS) is 18.3. The molecule has 2 aromatic heterocycles. The lowest BCUT2D eigenvalue weighted by Crippen LogP contribution is -2.46. The molecular formula is C25H22N4O2S2. The van der Waals surface area contributed by atoms with Gasteiger partial charge in [-0.1, -0.05) is 40.4 Å². The predicted molar refractivity (Wildman–Crippen MR) is 132 cm³/mol. The molecule has 166 valence electrons. The first-order chi connectivity index (χ1) is 16.1. The molecule has 0 radical (unpaired) electrons. The number of nitrogens with one attached hydrogen (secondary N) is 1. The van der Waals surface area contributed by atoms with Crippen molar-refractivity contribution in [3.05, 3.63) is 81.9 Å². The molecule has 4 aromatic rings. The van der Waals surface area contributed by atoms with Crippen LogP contribution in [-0.2, 0) is 9.59 Å². The fourth-order valence-corrected chi connectivity index (χ4v) is 5.56. The average Bonchev–Trinajstić information content (AvgIpc) is 3.55. The monoisotopic (exact) mass is 474 g/mol. The second-order valence-corrected chi connectivity index (χ2v) is 9.65. The maximum absolute atomic E-state index is 13.5. The third-order valence-electron chi connectivity index (χ3n) is 5.89. The number of carbonyl (C=O) groups excluding carboxylic acids is 2. The fourth-order valence-electron chi connectivity index (χ4n) is 4.21. The number of piperidine rings is 1. The zero-order valence-electron chi connectivity index (χ0n) is 18.0. The first-order valence-electron chi connectivity index (χ1n) is 10.7. The van der Waals surface area contributed by atoms with Crippen LogP contribution in [0.25, 0.3) is 11.3 Å². The van der Waals surface area contributed by atoms with Crippen LogP contribution in [-0.4, -0.2) is 21.4 Å². The lowest BCUT2D eigenvalue weighted by molar-refractivity contribution is -0.125. The van der Waals surface area contributed by atoms with Crippen LogP contribution < -0.4 is 10.2 Å². The van der Waals surface area contributed by atoms with E-state index in [0.717, 1.165) is 33.1 Å². The van der Waals surface area contributed by atoms with Gasteiger partial charge in [0.05, 0.1) is 12.0 Å². The molecule has 2 aromatic carbocycles. The molecule has 3 heterocycles. The number of amides is 2. The summed E-state index contributed by atoms with van der Waals surface area (Å²) in [5.74, 6) is -0.395. The molecule has 0 saturated carbocycles. The van der Waals surface area contributed by atoms with E-state index in [1.807, 2.05) is 78.3 Å². The average molecular weight is 475 g/mol. The van der Waals surface area contributed by atoms with Gasteiger partial charge in [0.15, 0.2) is 0 Å². The quantitative estimate of drug-likeness (QED) is 0.403. The second kappa shape index (κ2) is 9.25. The van der Waals surface area contributed by atoms with E-state index in [-0.39, 0.29) is 23.8 Å². The van der Waals surface area contributed by atoms with Crippen LogP contribution in [0.15, 0.2) is 71.4 Å². The molecule has 1 saturated heterocycles. The van der Waals surface area contributed by atoms with Crippen molar-refractivity contribution in [3.63, 3.8) is 0 Å². The Labute approximate surface area is 200 Å². The van der Waals surface area contributed by atoms with Crippen molar-refractivity contribution in [2.75, 3.05) is 10.2 Å². The van der Waals surface area contributed by atoms with Gasteiger partial charge in [0.2, 0.25) is 11.8 Å². The van der Waals surface area contributed by atoms with E-state index in [9.17, 15) is 9.59 Å². The van der Waals surface area contributed by atoms with Crippen molar-refractivity contribution in [2.24, 2.45) is 5.92 Å². The van der Waals surface area contributed by atoms with Crippen molar-refractivity contribution < 1.29 is 9.59 Å². The second-order valence-electron chi connectivity index (χ2n) is 8.06. The summed E-state index contributed by atoms with van der Waals surface area (Å²) < 4.78 is 3.90. The minimum absolute atomic E-state index is 0.0440. The molecule has 1 aliphatic heterocycles. The molecule has 2 amide bonds. The highest BCUT2D eigenvalue weighted by Crippen LogP contribution is 2.42. The Bertz CT molecular complexity index is 1240. The molecule has 6 nitrogen and oxygen atoms in total. The van der Waals surface area contributed by atoms with Gasteiger partial charge in [-0.2, -0.15) is 0 Å². The number of nitrogens with zero attached hydrogens (tertiary/aromatic N) is 3. The Kier molecular flexibility index (Phi) is 6.02. The summed E-state index contributed by atoms with van der Waals surface area (Å²) in [5, 5.41) is 11.0. The van der Waals surface area contributed by atoms with E-state index in [1.54, 1.807) is 16.2 Å². The summed E-state index contributed by atoms with van der Waals surface area (Å²) >= 11 is 2.88. The summed E-state index contributed by atoms with van der Waals surface area (Å²) in [7, 11) is 0. The molecule has 1 fully saturated rings. The summed E-state index contributed by atoms with van der Waals surface area (Å²) in [6, 6.07) is 19.1. The molecule has 8 heteroatoms. The number of thiophene rings is 1. The topological polar surface area (TPSA) is 75.2 Å². The van der Waals surface area contributed by atoms with Gasteiger partial charge in [0.1, 0.15) is 5.69 Å². The molecule has 0 spiro atoms. The lowest BCUT2D eigenvalue weighted by atomic mass is 9.86. The number of rotatable bonds is 5. The molecule has 1 aliphatic rings. The summed E-state index contributed by atoms with van der Waals surface area (Å²) in [6.45, 7) is 2.02. The van der Waals surface area contributed by atoms with Gasteiger partial charge in [-0.3, -0.25) is 9.59 Å². The van der Waals surface area contributed by atoms with Crippen LogP contribution in [0.3, 0.4) is 0 Å². The first-order valence-corrected chi connectivity index (χ1v) is 12.4. The van der Waals surface area contributed by atoms with Crippen molar-refractivity contribution >= 4 is 46.1 Å². The Morgan fingerprint density at radius 2 is 1.88 bits per heavy atom. The summed E-state index contributed by atoms with van der Waals surface area (Å²) in [6.07, 6.45) is 0.849. The van der Waals surface area contributed by atoms with Gasteiger partial charge in [-0.25, -0.2) is 0 Å². The predicted octanol–water partition coefficient (Wildman–Crippen LogP) is 5.70. The largest absolute Gasteiger partial charge is 0.326 e. The van der Waals surface area contributed by atoms with Gasteiger partial charge in [-0.05, 0) is 60.6 Å². The lowest BCUT2D eigenvalue weighted by Gasteiger charge is -2.40. The summed E-state index contributed by atoms with van der Waals surface area (Å²) in [4.78, 5) is 29.3. The Balaban J connectivity index is 1.42. The molecular weight excluding hydrogens is 452 g/mol. The summed E-state index contributed by atoms with van der Waals surface area (Å²) in [5.41, 5.74) is 4.43. The molecule has 0 bridgehead atoms. The van der Waals surface area contributed by atoms with E-state index in [1.165, 1.54) is 11.5 Å². The Morgan fingerprint density at radius 3 is 2.55 bits per heavy atom. The van der Waals surface area contributed by atoms with Crippen molar-refractivity contribution in [1.29, 1.82) is 0 Å². The van der Waals surface area contributed by atoms with Gasteiger partial charge in [0, 0.05) is 33.6 Å². The minimum atomic E-state index is -0.356. The Morgan fingerprint density at radius 1 is 1.09 bits per heavy atom. The van der Waals surface area contributed by atoms with Crippen molar-refractivity contribution in [1.82, 2.24) is 9.59 Å². The van der Waals surface area contributed by atoms with Crippen LogP contribution in [0, 0.1) is 12.8 Å². The van der Waals surface area contributed by atoms with Crippen LogP contribution >= 0.6 is 22.9 Å². The standard InChI is InChI=1S/C25H22N4O2S2/c1-16-4-10-19(11-5-16)29-23(30)13-12-20(24(29)22-3-2-14-32-22)25(31)26-18-8-6-17(7-9-18)21-15-33-28-27-21/h2-11,14-15,20,24H,12-13H2,1H3,(H,26,31). The first kappa shape index (κ1) is 21.5. The minimum Gasteiger partial charge on any atom is -0.326 e. The number of aryl methyl sites for hydroxylation is 1. The maximum Gasteiger partial charge on any atom is 0.229 e. The third kappa shape index (κ3) is 4.44. The van der Waals surface area contributed by atoms with E-state index in [4.69, 9.17) is 0 Å². The van der Waals surface area contributed by atoms with Crippen molar-refractivity contribution in [2.45, 2.75) is 25.8 Å². The number of aromatic nitrogens is 2. The van der Waals surface area contributed by atoms with Crippen molar-refractivity contribution in [3.8, 4) is 11.3 Å². The van der Waals surface area contributed by atoms with E-state index < -0.39 is 0 Å². The number of hydrogen-bond acceptors (Lipinski definition) is 6. The van der Waals surface area contributed by atoms with Crippen LogP contribution in [0.1, 0.15) is 29.3 Å². The van der Waals surface area contributed by atoms with Crippen LogP contribution in [0.5, 0.6) is 0 Å². The SMILES string of the molecule is Cc1ccc(N2C(=O)CCC(C(=O)Nc3ccc(-c4csnn4)cc3)C2c2cccs2)cc1. The molecule has 33 heavy (non-hydrogen) atoms. The maximum atomic E-state index is 13.5. The number of anilines is 2. The molecule has 5 rings (SSSR count). The highest BCUT2D eigenvalue weighted by molar-refractivity contribution is 7.10. The van der Waals surface area contributed by atoms with E-state index >= 15 is 0 Å². The van der Waals surface area contributed by atoms with Crippen LogP contribution in [0.2, 0.25) is 0 Å². The fraction of sp³-hybridized carbons (Fsp3) is 0.200. The molecule has 0 aliphatic carbocycles. The van der Waals surface area contributed by atoms with Gasteiger partial charge in [0.25, 0.3) is 0 Å². The molecule has 2 atom stereocenters. The van der Waals surface area contributed by atoms with E-state index in [2.05, 4.69) is 14.9 Å². The zero-order chi connectivity index (χ0) is 22.8. The van der Waals surface area contributed by atoms with Gasteiger partial charge in [-0.15, -0.1) is 16.4 Å². The zero-order valence-corrected chi connectivity index (χ0v) is 19.6.